The number of piperidine rings is 1. The molecule has 3 nitrogen and oxygen atoms in total. The quantitative estimate of drug-likeness (QED) is 0.772. The number of ether oxygens (including phenoxy) is 1. The summed E-state index contributed by atoms with van der Waals surface area (Å²) in [5.74, 6) is 1.11. The first kappa shape index (κ1) is 13.8. The van der Waals surface area contributed by atoms with Crippen molar-refractivity contribution in [2.24, 2.45) is 5.92 Å². The maximum absolute atomic E-state index is 11.7. The number of hydrogen-bond donors (Lipinski definition) is 0. The Labute approximate surface area is 120 Å². The fraction of sp³-hybridized carbons (Fsp3) is 0.588. The Kier molecular flexibility index (Phi) is 4.48. The van der Waals surface area contributed by atoms with Crippen LogP contribution in [-0.2, 0) is 16.1 Å². The van der Waals surface area contributed by atoms with Gasteiger partial charge in [-0.3, -0.25) is 9.69 Å². The highest BCUT2D eigenvalue weighted by molar-refractivity contribution is 5.80. The first-order valence-corrected chi connectivity index (χ1v) is 7.68. The van der Waals surface area contributed by atoms with Gasteiger partial charge in [0.15, 0.2) is 0 Å². The predicted molar refractivity (Wildman–Crippen MR) is 78.4 cm³/mol. The zero-order valence-corrected chi connectivity index (χ0v) is 12.0. The fourth-order valence-corrected chi connectivity index (χ4v) is 3.49. The van der Waals surface area contributed by atoms with Crippen molar-refractivity contribution < 1.29 is 9.53 Å². The van der Waals surface area contributed by atoms with Crippen LogP contribution in [0.1, 0.15) is 31.2 Å². The molecule has 0 unspecified atom stereocenters. The largest absolute Gasteiger partial charge is 0.375 e. The second-order valence-electron chi connectivity index (χ2n) is 6.07. The highest BCUT2D eigenvalue weighted by atomic mass is 16.5. The fourth-order valence-electron chi connectivity index (χ4n) is 3.49. The summed E-state index contributed by atoms with van der Waals surface area (Å²) < 4.78 is 5.76. The van der Waals surface area contributed by atoms with Crippen molar-refractivity contribution in [3.63, 3.8) is 0 Å². The van der Waals surface area contributed by atoms with Crippen LogP contribution in [-0.4, -0.2) is 36.4 Å². The molecule has 0 N–H and O–H groups in total. The first-order valence-electron chi connectivity index (χ1n) is 7.68. The van der Waals surface area contributed by atoms with Gasteiger partial charge in [-0.15, -0.1) is 0 Å². The lowest BCUT2D eigenvalue weighted by atomic mass is 9.79. The molecule has 1 aromatic rings. The molecule has 1 aromatic carbocycles. The number of Topliss-reactive ketones (excluding diaryl/α,β-unsaturated/α-hetero) is 1. The molecule has 0 aromatic heterocycles. The van der Waals surface area contributed by atoms with E-state index >= 15 is 0 Å². The van der Waals surface area contributed by atoms with Gasteiger partial charge in [0.05, 0.1) is 13.2 Å². The monoisotopic (exact) mass is 273 g/mol. The lowest BCUT2D eigenvalue weighted by Crippen LogP contribution is -2.48. The van der Waals surface area contributed by atoms with Crippen LogP contribution in [0.4, 0.5) is 0 Å². The van der Waals surface area contributed by atoms with Crippen molar-refractivity contribution in [2.75, 3.05) is 19.7 Å². The topological polar surface area (TPSA) is 29.5 Å². The van der Waals surface area contributed by atoms with E-state index in [2.05, 4.69) is 17.0 Å². The van der Waals surface area contributed by atoms with Gasteiger partial charge >= 0.3 is 0 Å². The smallest absolute Gasteiger partial charge is 0.134 e. The molecule has 2 aliphatic rings. The molecule has 3 rings (SSSR count). The van der Waals surface area contributed by atoms with Gasteiger partial charge in [0.2, 0.25) is 0 Å². The maximum Gasteiger partial charge on any atom is 0.134 e. The zero-order chi connectivity index (χ0) is 13.8. The summed E-state index contributed by atoms with van der Waals surface area (Å²) in [5.41, 5.74) is 1.22. The Bertz CT molecular complexity index is 446. The molecule has 0 amide bonds. The summed E-state index contributed by atoms with van der Waals surface area (Å²) in [6.07, 6.45) is 3.98. The van der Waals surface area contributed by atoms with E-state index in [1.165, 1.54) is 18.4 Å². The number of nitrogens with zero attached hydrogens (tertiary/aromatic N) is 1. The number of rotatable bonds is 5. The lowest BCUT2D eigenvalue weighted by molar-refractivity contribution is -0.125. The van der Waals surface area contributed by atoms with Crippen LogP contribution in [0.15, 0.2) is 30.3 Å². The molecule has 108 valence electrons. The van der Waals surface area contributed by atoms with Crippen LogP contribution < -0.4 is 0 Å². The van der Waals surface area contributed by atoms with E-state index in [1.807, 2.05) is 18.2 Å². The van der Waals surface area contributed by atoms with Crippen molar-refractivity contribution in [2.45, 2.75) is 38.3 Å². The molecule has 3 heteroatoms. The Hall–Kier alpha value is -1.19. The lowest BCUT2D eigenvalue weighted by Gasteiger charge is -2.42. The number of ketones is 1. The van der Waals surface area contributed by atoms with Crippen LogP contribution in [0.25, 0.3) is 0 Å². The van der Waals surface area contributed by atoms with E-state index in [1.54, 1.807) is 0 Å². The predicted octanol–water partition coefficient (Wildman–Crippen LogP) is 2.65. The van der Waals surface area contributed by atoms with Crippen molar-refractivity contribution >= 4 is 5.78 Å². The molecular weight excluding hydrogens is 250 g/mol. The van der Waals surface area contributed by atoms with E-state index in [4.69, 9.17) is 4.74 Å². The van der Waals surface area contributed by atoms with E-state index in [0.717, 1.165) is 32.5 Å². The number of carbonyl (C=O) groups excluding carboxylic acids is 1. The van der Waals surface area contributed by atoms with Gasteiger partial charge in [0.1, 0.15) is 5.78 Å². The minimum absolute atomic E-state index is 0.459. The minimum atomic E-state index is 0.459. The Morgan fingerprint density at radius 1 is 1.20 bits per heavy atom. The minimum Gasteiger partial charge on any atom is -0.375 e. The van der Waals surface area contributed by atoms with Crippen LogP contribution in [0, 0.1) is 5.92 Å². The van der Waals surface area contributed by atoms with Gasteiger partial charge < -0.3 is 4.74 Å². The number of benzene rings is 1. The molecule has 1 heterocycles. The normalized spacial score (nSPS) is 26.7. The third-order valence-corrected chi connectivity index (χ3v) is 4.56. The zero-order valence-electron chi connectivity index (χ0n) is 12.0. The SMILES string of the molecule is O=C1C[C@@H]2CCN(CCOCc3ccccc3)[C@H](C1)C2. The van der Waals surface area contributed by atoms with E-state index in [0.29, 0.717) is 24.3 Å². The molecule has 1 aliphatic heterocycles. The standard InChI is InChI=1S/C17H23NO2/c19-17-11-15-6-7-18(16(10-15)12-17)8-9-20-13-14-4-2-1-3-5-14/h1-5,15-16H,6-13H2/t15-,16+/m1/s1. The highest BCUT2D eigenvalue weighted by Gasteiger charge is 2.34. The summed E-state index contributed by atoms with van der Waals surface area (Å²) >= 11 is 0. The molecule has 2 atom stereocenters. The van der Waals surface area contributed by atoms with Crippen LogP contribution >= 0.6 is 0 Å². The summed E-state index contributed by atoms with van der Waals surface area (Å²) in [7, 11) is 0. The summed E-state index contributed by atoms with van der Waals surface area (Å²) in [5, 5.41) is 0. The Morgan fingerprint density at radius 2 is 2.05 bits per heavy atom. The highest BCUT2D eigenvalue weighted by Crippen LogP contribution is 2.32. The molecule has 0 radical (unpaired) electrons. The van der Waals surface area contributed by atoms with Gasteiger partial charge in [-0.05, 0) is 30.9 Å². The second-order valence-corrected chi connectivity index (χ2v) is 6.07. The molecule has 2 fully saturated rings. The van der Waals surface area contributed by atoms with Crippen molar-refractivity contribution in [3.05, 3.63) is 35.9 Å². The average molecular weight is 273 g/mol. The van der Waals surface area contributed by atoms with E-state index < -0.39 is 0 Å². The van der Waals surface area contributed by atoms with Crippen molar-refractivity contribution in [1.82, 2.24) is 4.90 Å². The second kappa shape index (κ2) is 6.51. The van der Waals surface area contributed by atoms with Gasteiger partial charge in [-0.2, -0.15) is 0 Å². The molecule has 1 aliphatic carbocycles. The number of hydrogen-bond acceptors (Lipinski definition) is 3. The maximum atomic E-state index is 11.7. The van der Waals surface area contributed by atoms with Gasteiger partial charge in [-0.1, -0.05) is 30.3 Å². The summed E-state index contributed by atoms with van der Waals surface area (Å²) in [6.45, 7) is 3.53. The van der Waals surface area contributed by atoms with Gasteiger partial charge in [0, 0.05) is 25.4 Å². The first-order chi connectivity index (χ1) is 9.81. The van der Waals surface area contributed by atoms with Gasteiger partial charge in [0.25, 0.3) is 0 Å². The van der Waals surface area contributed by atoms with Crippen molar-refractivity contribution in [3.8, 4) is 0 Å². The summed E-state index contributed by atoms with van der Waals surface area (Å²) in [4.78, 5) is 14.1. The molecule has 0 spiro atoms. The van der Waals surface area contributed by atoms with Crippen LogP contribution in [0.3, 0.4) is 0 Å². The molecule has 20 heavy (non-hydrogen) atoms. The van der Waals surface area contributed by atoms with Gasteiger partial charge in [-0.25, -0.2) is 0 Å². The molecule has 1 saturated heterocycles. The Balaban J connectivity index is 1.41. The molecule has 1 saturated carbocycles. The van der Waals surface area contributed by atoms with Crippen LogP contribution in [0.5, 0.6) is 0 Å². The van der Waals surface area contributed by atoms with Crippen molar-refractivity contribution in [1.29, 1.82) is 0 Å². The number of fused-ring (bicyclic) bond motifs is 2. The molecular formula is C17H23NO2. The number of likely N-dealkylation sites (tertiary alicyclic amines) is 1. The molecule has 2 bridgehead atoms. The third kappa shape index (κ3) is 3.47. The average Bonchev–Trinajstić information content (AvgIpc) is 2.46. The summed E-state index contributed by atoms with van der Waals surface area (Å²) in [6, 6.07) is 10.8. The Morgan fingerprint density at radius 3 is 2.90 bits per heavy atom. The van der Waals surface area contributed by atoms with E-state index in [-0.39, 0.29) is 0 Å². The third-order valence-electron chi connectivity index (χ3n) is 4.56. The van der Waals surface area contributed by atoms with E-state index in [9.17, 15) is 4.79 Å². The number of carbonyl (C=O) groups is 1. The van der Waals surface area contributed by atoms with Crippen LogP contribution in [0.2, 0.25) is 0 Å².